The molecule has 0 spiro atoms. The number of hydrogen-bond donors (Lipinski definition) is 0. The summed E-state index contributed by atoms with van der Waals surface area (Å²) in [5, 5.41) is 0. The van der Waals surface area contributed by atoms with Gasteiger partial charge in [0.25, 0.3) is 0 Å². The molecule has 0 rings (SSSR count). The average molecular weight is 270 g/mol. The fraction of sp³-hybridized carbons (Fsp3) is 0.812. The van der Waals surface area contributed by atoms with Gasteiger partial charge in [-0.1, -0.05) is 34.3 Å². The molecule has 0 saturated carbocycles. The number of hydrogen-bond acceptors (Lipinski definition) is 2. The highest BCUT2D eigenvalue weighted by Gasteiger charge is 2.36. The zero-order valence-electron chi connectivity index (χ0n) is 13.5. The van der Waals surface area contributed by atoms with Gasteiger partial charge in [0.15, 0.2) is 0 Å². The van der Waals surface area contributed by atoms with Crippen LogP contribution in [-0.4, -0.2) is 36.3 Å². The van der Waals surface area contributed by atoms with Crippen molar-refractivity contribution in [2.75, 3.05) is 19.6 Å². The van der Waals surface area contributed by atoms with Crippen molar-refractivity contribution in [2.45, 2.75) is 66.5 Å². The second kappa shape index (κ2) is 9.13. The lowest BCUT2D eigenvalue weighted by molar-refractivity contribution is -0.969. The van der Waals surface area contributed by atoms with E-state index >= 15 is 0 Å². The molecule has 0 aromatic carbocycles. The molecule has 0 N–H and O–H groups in total. The van der Waals surface area contributed by atoms with Crippen LogP contribution < -0.4 is 0 Å². The van der Waals surface area contributed by atoms with Crippen LogP contribution in [0.1, 0.15) is 60.3 Å². The summed E-state index contributed by atoms with van der Waals surface area (Å²) in [6.07, 6.45) is 4.16. The smallest absolute Gasteiger partial charge is 0.337 e. The highest BCUT2D eigenvalue weighted by Crippen LogP contribution is 2.22. The number of quaternary nitrogens is 1. The van der Waals surface area contributed by atoms with Crippen molar-refractivity contribution in [3.8, 4) is 0 Å². The van der Waals surface area contributed by atoms with Gasteiger partial charge in [-0.15, -0.1) is 0 Å². The molecule has 19 heavy (non-hydrogen) atoms. The fourth-order valence-electron chi connectivity index (χ4n) is 2.91. The fourth-order valence-corrected chi connectivity index (χ4v) is 2.91. The van der Waals surface area contributed by atoms with Gasteiger partial charge in [0.2, 0.25) is 6.23 Å². The lowest BCUT2D eigenvalue weighted by Crippen LogP contribution is -2.58. The van der Waals surface area contributed by atoms with Crippen molar-refractivity contribution in [3.05, 3.63) is 12.2 Å². The summed E-state index contributed by atoms with van der Waals surface area (Å²) in [6.45, 7) is 17.3. The van der Waals surface area contributed by atoms with E-state index in [0.717, 1.165) is 49.8 Å². The summed E-state index contributed by atoms with van der Waals surface area (Å²) in [6, 6.07) is 0. The second-order valence-electron chi connectivity index (χ2n) is 5.44. The van der Waals surface area contributed by atoms with Gasteiger partial charge < -0.3 is 4.74 Å². The zero-order chi connectivity index (χ0) is 14.9. The Hall–Kier alpha value is -0.830. The third kappa shape index (κ3) is 5.35. The molecular formula is C16H32NO2+. The Morgan fingerprint density at radius 2 is 1.47 bits per heavy atom. The van der Waals surface area contributed by atoms with E-state index in [1.807, 2.05) is 0 Å². The minimum absolute atomic E-state index is 0.0379. The molecule has 3 nitrogen and oxygen atoms in total. The Balaban J connectivity index is 5.12. The standard InChI is InChI=1S/C16H32NO2/c1-7-11-17(12-8-2,13-9-3)15(10-4)19-16(18)14(5)6/h15H,5,7-13H2,1-4,6H3/q+1. The Kier molecular flexibility index (Phi) is 8.73. The molecule has 0 aromatic rings. The van der Waals surface area contributed by atoms with Crippen LogP contribution in [0, 0.1) is 0 Å². The molecule has 1 unspecified atom stereocenters. The van der Waals surface area contributed by atoms with Crippen molar-refractivity contribution < 1.29 is 14.0 Å². The first kappa shape index (κ1) is 18.2. The SMILES string of the molecule is C=C(C)C(=O)OC(CC)[N+](CCC)(CCC)CCC. The van der Waals surface area contributed by atoms with E-state index in [0.29, 0.717) is 5.57 Å². The number of ether oxygens (including phenoxy) is 1. The minimum Gasteiger partial charge on any atom is -0.409 e. The van der Waals surface area contributed by atoms with E-state index in [1.54, 1.807) is 6.92 Å². The molecule has 1 atom stereocenters. The van der Waals surface area contributed by atoms with Crippen LogP contribution in [0.4, 0.5) is 0 Å². The summed E-state index contributed by atoms with van der Waals surface area (Å²) in [5.74, 6) is -0.252. The van der Waals surface area contributed by atoms with Gasteiger partial charge in [0.05, 0.1) is 19.6 Å². The molecule has 0 radical (unpaired) electrons. The van der Waals surface area contributed by atoms with E-state index in [1.165, 1.54) is 0 Å². The van der Waals surface area contributed by atoms with E-state index in [-0.39, 0.29) is 12.2 Å². The van der Waals surface area contributed by atoms with E-state index in [9.17, 15) is 4.79 Å². The minimum atomic E-state index is -0.252. The number of nitrogens with zero attached hydrogens (tertiary/aromatic N) is 1. The summed E-state index contributed by atoms with van der Waals surface area (Å²) < 4.78 is 6.62. The molecule has 112 valence electrons. The maximum Gasteiger partial charge on any atom is 0.337 e. The van der Waals surface area contributed by atoms with Crippen LogP contribution in [0.15, 0.2) is 12.2 Å². The maximum atomic E-state index is 11.8. The lowest BCUT2D eigenvalue weighted by Gasteiger charge is -2.43. The molecule has 0 aliphatic carbocycles. The molecule has 3 heteroatoms. The van der Waals surface area contributed by atoms with Crippen molar-refractivity contribution in [3.63, 3.8) is 0 Å². The Morgan fingerprint density at radius 1 is 1.05 bits per heavy atom. The van der Waals surface area contributed by atoms with Crippen LogP contribution >= 0.6 is 0 Å². The Morgan fingerprint density at radius 3 is 1.74 bits per heavy atom. The first-order chi connectivity index (χ1) is 8.97. The monoisotopic (exact) mass is 270 g/mol. The first-order valence-electron chi connectivity index (χ1n) is 7.69. The number of carbonyl (C=O) groups is 1. The molecule has 0 amide bonds. The number of rotatable bonds is 10. The van der Waals surface area contributed by atoms with Gasteiger partial charge in [-0.3, -0.25) is 4.48 Å². The normalized spacial score (nSPS) is 13.1. The quantitative estimate of drug-likeness (QED) is 0.260. The molecule has 0 heterocycles. The third-order valence-corrected chi connectivity index (χ3v) is 3.56. The maximum absolute atomic E-state index is 11.8. The topological polar surface area (TPSA) is 26.3 Å². The first-order valence-corrected chi connectivity index (χ1v) is 7.69. The second-order valence-corrected chi connectivity index (χ2v) is 5.44. The highest BCUT2D eigenvalue weighted by atomic mass is 16.6. The summed E-state index contributed by atoms with van der Waals surface area (Å²) in [5.41, 5.74) is 0.487. The molecule has 0 fully saturated rings. The Bertz CT molecular complexity index is 269. The number of carbonyl (C=O) groups excluding carboxylic acids is 1. The van der Waals surface area contributed by atoms with Crippen molar-refractivity contribution >= 4 is 5.97 Å². The van der Waals surface area contributed by atoms with E-state index < -0.39 is 0 Å². The van der Waals surface area contributed by atoms with E-state index in [2.05, 4.69) is 34.3 Å². The van der Waals surface area contributed by atoms with Crippen molar-refractivity contribution in [1.82, 2.24) is 0 Å². The molecular weight excluding hydrogens is 238 g/mol. The van der Waals surface area contributed by atoms with Gasteiger partial charge in [0.1, 0.15) is 0 Å². The predicted molar refractivity (Wildman–Crippen MR) is 80.7 cm³/mol. The van der Waals surface area contributed by atoms with Gasteiger partial charge in [-0.05, 0) is 26.2 Å². The van der Waals surface area contributed by atoms with Gasteiger partial charge in [-0.25, -0.2) is 4.79 Å². The summed E-state index contributed by atoms with van der Waals surface area (Å²) in [7, 11) is 0. The zero-order valence-corrected chi connectivity index (χ0v) is 13.5. The predicted octanol–water partition coefficient (Wildman–Crippen LogP) is 3.89. The van der Waals surface area contributed by atoms with Gasteiger partial charge >= 0.3 is 5.97 Å². The molecule has 0 bridgehead atoms. The molecule has 0 aliphatic heterocycles. The van der Waals surface area contributed by atoms with Gasteiger partial charge in [0, 0.05) is 12.0 Å². The summed E-state index contributed by atoms with van der Waals surface area (Å²) in [4.78, 5) is 11.8. The Labute approximate surface area is 119 Å². The third-order valence-electron chi connectivity index (χ3n) is 3.56. The van der Waals surface area contributed by atoms with Crippen molar-refractivity contribution in [2.24, 2.45) is 0 Å². The molecule has 0 saturated heterocycles. The molecule has 0 aliphatic rings. The largest absolute Gasteiger partial charge is 0.409 e. The van der Waals surface area contributed by atoms with E-state index in [4.69, 9.17) is 4.74 Å². The van der Waals surface area contributed by atoms with Crippen LogP contribution in [0.25, 0.3) is 0 Å². The number of esters is 1. The van der Waals surface area contributed by atoms with Crippen molar-refractivity contribution in [1.29, 1.82) is 0 Å². The average Bonchev–Trinajstić information content (AvgIpc) is 2.36. The van der Waals surface area contributed by atoms with Crippen LogP contribution in [0.5, 0.6) is 0 Å². The molecule has 0 aromatic heterocycles. The van der Waals surface area contributed by atoms with Crippen LogP contribution in [0.2, 0.25) is 0 Å². The lowest BCUT2D eigenvalue weighted by atomic mass is 10.2. The summed E-state index contributed by atoms with van der Waals surface area (Å²) >= 11 is 0. The highest BCUT2D eigenvalue weighted by molar-refractivity contribution is 5.86. The van der Waals surface area contributed by atoms with Crippen LogP contribution in [-0.2, 0) is 9.53 Å². The van der Waals surface area contributed by atoms with Crippen LogP contribution in [0.3, 0.4) is 0 Å². The van der Waals surface area contributed by atoms with Gasteiger partial charge in [-0.2, -0.15) is 0 Å².